The second-order valence-corrected chi connectivity index (χ2v) is 6.09. The Morgan fingerprint density at radius 2 is 1.87 bits per heavy atom. The zero-order chi connectivity index (χ0) is 16.6. The molecule has 1 N–H and O–H groups in total. The minimum Gasteiger partial charge on any atom is -0.324 e. The summed E-state index contributed by atoms with van der Waals surface area (Å²) in [4.78, 5) is 12.2. The first-order valence-corrected chi connectivity index (χ1v) is 7.68. The van der Waals surface area contributed by atoms with Crippen molar-refractivity contribution in [2.24, 2.45) is 0 Å². The molecule has 0 saturated heterocycles. The van der Waals surface area contributed by atoms with Gasteiger partial charge in [-0.25, -0.2) is 4.68 Å². The van der Waals surface area contributed by atoms with Crippen LogP contribution in [0.15, 0.2) is 30.3 Å². The first kappa shape index (κ1) is 15.5. The van der Waals surface area contributed by atoms with Crippen molar-refractivity contribution in [3.05, 3.63) is 52.0 Å². The predicted octanol–water partition coefficient (Wildman–Crippen LogP) is 3.65. The molecule has 1 heterocycles. The van der Waals surface area contributed by atoms with Crippen molar-refractivity contribution in [1.82, 2.24) is 15.0 Å². The molecule has 1 amide bonds. The van der Waals surface area contributed by atoms with Crippen LogP contribution < -0.4 is 5.32 Å². The summed E-state index contributed by atoms with van der Waals surface area (Å²) in [7, 11) is 0. The predicted molar refractivity (Wildman–Crippen MR) is 91.8 cm³/mol. The molecular formula is C17H17ClN4O. The van der Waals surface area contributed by atoms with Crippen LogP contribution >= 0.6 is 11.6 Å². The van der Waals surface area contributed by atoms with Crippen molar-refractivity contribution in [3.8, 4) is 0 Å². The first-order valence-electron chi connectivity index (χ1n) is 7.30. The molecule has 0 atom stereocenters. The molecule has 0 aliphatic rings. The van der Waals surface area contributed by atoms with Crippen molar-refractivity contribution < 1.29 is 4.79 Å². The van der Waals surface area contributed by atoms with E-state index in [0.29, 0.717) is 10.7 Å². The molecule has 3 rings (SSSR count). The van der Waals surface area contributed by atoms with Crippen LogP contribution in [0.4, 0.5) is 5.69 Å². The Balaban J connectivity index is 1.80. The number of nitrogens with one attached hydrogen (secondary N) is 1. The molecule has 23 heavy (non-hydrogen) atoms. The lowest BCUT2D eigenvalue weighted by Gasteiger charge is -2.07. The standard InChI is InChI=1S/C17H17ClN4O/c1-10-4-5-13(8-14(10)18)19-17(23)9-22-16-7-12(3)11(2)6-15(16)20-21-22/h4-8H,9H2,1-3H3,(H,19,23). The van der Waals surface area contributed by atoms with E-state index in [1.807, 2.05) is 45.0 Å². The molecule has 0 unspecified atom stereocenters. The van der Waals surface area contributed by atoms with Crippen LogP contribution in [0.2, 0.25) is 5.02 Å². The summed E-state index contributed by atoms with van der Waals surface area (Å²) in [6, 6.07) is 9.41. The van der Waals surface area contributed by atoms with Gasteiger partial charge in [0, 0.05) is 10.7 Å². The third-order valence-electron chi connectivity index (χ3n) is 3.88. The molecule has 0 spiro atoms. The molecule has 0 saturated carbocycles. The molecule has 3 aromatic rings. The van der Waals surface area contributed by atoms with E-state index in [4.69, 9.17) is 11.6 Å². The lowest BCUT2D eigenvalue weighted by molar-refractivity contribution is -0.116. The van der Waals surface area contributed by atoms with Crippen molar-refractivity contribution in [2.75, 3.05) is 5.32 Å². The Kier molecular flexibility index (Phi) is 4.05. The molecule has 0 fully saturated rings. The number of fused-ring (bicyclic) bond motifs is 1. The van der Waals surface area contributed by atoms with Crippen LogP contribution in [0.25, 0.3) is 11.0 Å². The van der Waals surface area contributed by atoms with Gasteiger partial charge in [-0.15, -0.1) is 5.10 Å². The van der Waals surface area contributed by atoms with Crippen LogP contribution in [0.1, 0.15) is 16.7 Å². The van der Waals surface area contributed by atoms with E-state index >= 15 is 0 Å². The number of carbonyl (C=O) groups is 1. The van der Waals surface area contributed by atoms with Gasteiger partial charge in [-0.1, -0.05) is 22.9 Å². The first-order chi connectivity index (χ1) is 10.9. The van der Waals surface area contributed by atoms with Gasteiger partial charge in [0.25, 0.3) is 0 Å². The number of amides is 1. The summed E-state index contributed by atoms with van der Waals surface area (Å²) in [5.41, 5.74) is 5.58. The summed E-state index contributed by atoms with van der Waals surface area (Å²) in [5.74, 6) is -0.171. The van der Waals surface area contributed by atoms with E-state index in [1.165, 1.54) is 0 Å². The Hall–Kier alpha value is -2.40. The van der Waals surface area contributed by atoms with Crippen molar-refractivity contribution >= 4 is 34.2 Å². The van der Waals surface area contributed by atoms with Crippen LogP contribution in [-0.4, -0.2) is 20.9 Å². The van der Waals surface area contributed by atoms with Crippen molar-refractivity contribution in [3.63, 3.8) is 0 Å². The van der Waals surface area contributed by atoms with Gasteiger partial charge in [0.05, 0.1) is 5.52 Å². The molecule has 6 heteroatoms. The largest absolute Gasteiger partial charge is 0.324 e. The van der Waals surface area contributed by atoms with E-state index in [2.05, 4.69) is 15.6 Å². The average molecular weight is 329 g/mol. The van der Waals surface area contributed by atoms with Gasteiger partial charge in [-0.05, 0) is 61.7 Å². The van der Waals surface area contributed by atoms with E-state index in [1.54, 1.807) is 10.7 Å². The van der Waals surface area contributed by atoms with Crippen LogP contribution in [-0.2, 0) is 11.3 Å². The zero-order valence-corrected chi connectivity index (χ0v) is 14.0. The highest BCUT2D eigenvalue weighted by atomic mass is 35.5. The second-order valence-electron chi connectivity index (χ2n) is 5.68. The topological polar surface area (TPSA) is 59.8 Å². The second kappa shape index (κ2) is 6.01. The van der Waals surface area contributed by atoms with Gasteiger partial charge in [0.2, 0.25) is 5.91 Å². The SMILES string of the molecule is Cc1cc2nnn(CC(=O)Nc3ccc(C)c(Cl)c3)c2cc1C. The van der Waals surface area contributed by atoms with Crippen LogP contribution in [0.3, 0.4) is 0 Å². The third-order valence-corrected chi connectivity index (χ3v) is 4.29. The Labute approximate surface area is 139 Å². The molecule has 0 bridgehead atoms. The number of carbonyl (C=O) groups excluding carboxylic acids is 1. The molecule has 0 aliphatic carbocycles. The van der Waals surface area contributed by atoms with E-state index in [-0.39, 0.29) is 12.5 Å². The maximum atomic E-state index is 12.2. The molecular weight excluding hydrogens is 312 g/mol. The Bertz CT molecular complexity index is 901. The Morgan fingerprint density at radius 3 is 2.61 bits per heavy atom. The smallest absolute Gasteiger partial charge is 0.246 e. The van der Waals surface area contributed by atoms with Gasteiger partial charge in [0.15, 0.2) is 0 Å². The molecule has 1 aromatic heterocycles. The molecule has 0 aliphatic heterocycles. The molecule has 2 aromatic carbocycles. The lowest BCUT2D eigenvalue weighted by atomic mass is 10.1. The van der Waals surface area contributed by atoms with Crippen molar-refractivity contribution in [2.45, 2.75) is 27.3 Å². The minimum absolute atomic E-state index is 0.102. The fraction of sp³-hybridized carbons (Fsp3) is 0.235. The number of hydrogen-bond donors (Lipinski definition) is 1. The number of halogens is 1. The van der Waals surface area contributed by atoms with E-state index in [0.717, 1.165) is 27.7 Å². The fourth-order valence-corrected chi connectivity index (χ4v) is 2.53. The quantitative estimate of drug-likeness (QED) is 0.798. The summed E-state index contributed by atoms with van der Waals surface area (Å²) < 4.78 is 1.60. The number of anilines is 1. The maximum Gasteiger partial charge on any atom is 0.246 e. The van der Waals surface area contributed by atoms with Gasteiger partial charge in [0.1, 0.15) is 12.1 Å². The number of nitrogens with zero attached hydrogens (tertiary/aromatic N) is 3. The number of aryl methyl sites for hydroxylation is 3. The van der Waals surface area contributed by atoms with Crippen LogP contribution in [0, 0.1) is 20.8 Å². The number of rotatable bonds is 3. The van der Waals surface area contributed by atoms with E-state index < -0.39 is 0 Å². The molecule has 5 nitrogen and oxygen atoms in total. The molecule has 118 valence electrons. The zero-order valence-electron chi connectivity index (χ0n) is 13.2. The normalized spacial score (nSPS) is 11.0. The Morgan fingerprint density at radius 1 is 1.13 bits per heavy atom. The highest BCUT2D eigenvalue weighted by molar-refractivity contribution is 6.31. The highest BCUT2D eigenvalue weighted by Crippen LogP contribution is 2.20. The van der Waals surface area contributed by atoms with Gasteiger partial charge >= 0.3 is 0 Å². The summed E-state index contributed by atoms with van der Waals surface area (Å²) >= 11 is 6.07. The number of hydrogen-bond acceptors (Lipinski definition) is 3. The highest BCUT2D eigenvalue weighted by Gasteiger charge is 2.11. The van der Waals surface area contributed by atoms with Gasteiger partial charge < -0.3 is 5.32 Å². The number of benzene rings is 2. The summed E-state index contributed by atoms with van der Waals surface area (Å²) in [5, 5.41) is 11.6. The molecule has 0 radical (unpaired) electrons. The minimum atomic E-state index is -0.171. The summed E-state index contributed by atoms with van der Waals surface area (Å²) in [6.45, 7) is 6.08. The third kappa shape index (κ3) is 3.19. The van der Waals surface area contributed by atoms with Crippen molar-refractivity contribution in [1.29, 1.82) is 0 Å². The van der Waals surface area contributed by atoms with E-state index in [9.17, 15) is 4.79 Å². The monoisotopic (exact) mass is 328 g/mol. The average Bonchev–Trinajstić information content (AvgIpc) is 2.86. The number of aromatic nitrogens is 3. The maximum absolute atomic E-state index is 12.2. The van der Waals surface area contributed by atoms with Gasteiger partial charge in [-0.3, -0.25) is 4.79 Å². The van der Waals surface area contributed by atoms with Crippen LogP contribution in [0.5, 0.6) is 0 Å². The lowest BCUT2D eigenvalue weighted by Crippen LogP contribution is -2.19. The summed E-state index contributed by atoms with van der Waals surface area (Å²) in [6.07, 6.45) is 0. The fourth-order valence-electron chi connectivity index (χ4n) is 2.35. The van der Waals surface area contributed by atoms with Gasteiger partial charge in [-0.2, -0.15) is 0 Å².